The fourth-order valence-electron chi connectivity index (χ4n) is 4.31. The zero-order chi connectivity index (χ0) is 21.7. The lowest BCUT2D eigenvalue weighted by molar-refractivity contribution is 0.179. The van der Waals surface area contributed by atoms with E-state index in [9.17, 15) is 4.79 Å². The van der Waals surface area contributed by atoms with E-state index in [1.54, 1.807) is 0 Å². The number of nitrogens with one attached hydrogen (secondary N) is 1. The van der Waals surface area contributed by atoms with E-state index in [0.717, 1.165) is 37.9 Å². The molecule has 0 bridgehead atoms. The molecule has 30 heavy (non-hydrogen) atoms. The fraction of sp³-hybridized carbons (Fsp3) is 0.519. The molecule has 2 aromatic rings. The average molecular weight is 407 g/mol. The van der Waals surface area contributed by atoms with Gasteiger partial charge in [-0.05, 0) is 52.8 Å². The first kappa shape index (κ1) is 22.4. The highest BCUT2D eigenvalue weighted by atomic mass is 16.2. The molecule has 162 valence electrons. The maximum Gasteiger partial charge on any atom is 0.317 e. The van der Waals surface area contributed by atoms with Crippen LogP contribution in [-0.2, 0) is 13.0 Å². The lowest BCUT2D eigenvalue weighted by Crippen LogP contribution is -2.44. The molecule has 1 saturated heterocycles. The van der Waals surface area contributed by atoms with Crippen molar-refractivity contribution >= 4 is 6.03 Å². The molecule has 1 aliphatic rings. The molecule has 1 fully saturated rings. The Hall–Kier alpha value is -2.29. The summed E-state index contributed by atoms with van der Waals surface area (Å²) >= 11 is 0. The molecule has 3 nitrogen and oxygen atoms in total. The van der Waals surface area contributed by atoms with Crippen molar-refractivity contribution in [1.29, 1.82) is 0 Å². The van der Waals surface area contributed by atoms with Gasteiger partial charge in [0, 0.05) is 25.6 Å². The van der Waals surface area contributed by atoms with Gasteiger partial charge >= 0.3 is 6.03 Å². The van der Waals surface area contributed by atoms with Crippen molar-refractivity contribution in [2.24, 2.45) is 5.41 Å². The normalized spacial score (nSPS) is 17.3. The third kappa shape index (κ3) is 6.35. The van der Waals surface area contributed by atoms with E-state index < -0.39 is 0 Å². The molecule has 1 aliphatic heterocycles. The van der Waals surface area contributed by atoms with Gasteiger partial charge in [0.1, 0.15) is 0 Å². The molecule has 0 aliphatic carbocycles. The van der Waals surface area contributed by atoms with Crippen molar-refractivity contribution in [2.45, 2.75) is 72.3 Å². The Bertz CT molecular complexity index is 833. The van der Waals surface area contributed by atoms with Crippen LogP contribution in [0.4, 0.5) is 4.79 Å². The summed E-state index contributed by atoms with van der Waals surface area (Å²) in [6, 6.07) is 17.6. The first-order valence-electron chi connectivity index (χ1n) is 11.4. The predicted octanol–water partition coefficient (Wildman–Crippen LogP) is 6.49. The van der Waals surface area contributed by atoms with Crippen LogP contribution in [0.5, 0.6) is 0 Å². The largest absolute Gasteiger partial charge is 0.334 e. The molecule has 3 rings (SSSR count). The van der Waals surface area contributed by atoms with Crippen LogP contribution in [0.25, 0.3) is 0 Å². The van der Waals surface area contributed by atoms with Crippen LogP contribution < -0.4 is 5.32 Å². The van der Waals surface area contributed by atoms with E-state index in [0.29, 0.717) is 18.4 Å². The zero-order valence-electron chi connectivity index (χ0n) is 19.4. The Morgan fingerprint density at radius 2 is 1.83 bits per heavy atom. The first-order valence-corrected chi connectivity index (χ1v) is 11.4. The Labute approximate surface area is 182 Å². The Morgan fingerprint density at radius 3 is 2.50 bits per heavy atom. The van der Waals surface area contributed by atoms with E-state index >= 15 is 0 Å². The van der Waals surface area contributed by atoms with Crippen LogP contribution >= 0.6 is 0 Å². The second kappa shape index (κ2) is 9.68. The minimum atomic E-state index is 0.0542. The maximum absolute atomic E-state index is 12.8. The number of hydrogen-bond donors (Lipinski definition) is 1. The molecular weight excluding hydrogens is 368 g/mol. The molecule has 2 amide bonds. The average Bonchev–Trinajstić information content (AvgIpc) is 2.71. The van der Waals surface area contributed by atoms with E-state index in [4.69, 9.17) is 0 Å². The molecule has 0 radical (unpaired) electrons. The van der Waals surface area contributed by atoms with E-state index in [1.165, 1.54) is 16.7 Å². The van der Waals surface area contributed by atoms with Gasteiger partial charge in [0.2, 0.25) is 0 Å². The van der Waals surface area contributed by atoms with Gasteiger partial charge in [0.15, 0.2) is 0 Å². The maximum atomic E-state index is 12.8. The SMILES string of the molecule is CC(C)c1ccc(CNC(=O)N2CCCC(c3cccc(CC(C)(C)C)c3)C2)cc1. The monoisotopic (exact) mass is 406 g/mol. The summed E-state index contributed by atoms with van der Waals surface area (Å²) < 4.78 is 0. The molecule has 1 atom stereocenters. The van der Waals surface area contributed by atoms with Gasteiger partial charge in [-0.25, -0.2) is 4.79 Å². The Kier molecular flexibility index (Phi) is 7.23. The number of carbonyl (C=O) groups is 1. The Morgan fingerprint density at radius 1 is 1.10 bits per heavy atom. The van der Waals surface area contributed by atoms with Gasteiger partial charge in [0.25, 0.3) is 0 Å². The van der Waals surface area contributed by atoms with Crippen molar-refractivity contribution in [3.63, 3.8) is 0 Å². The molecule has 1 N–H and O–H groups in total. The van der Waals surface area contributed by atoms with Gasteiger partial charge in [-0.2, -0.15) is 0 Å². The van der Waals surface area contributed by atoms with Gasteiger partial charge in [-0.3, -0.25) is 0 Å². The minimum absolute atomic E-state index is 0.0542. The smallest absolute Gasteiger partial charge is 0.317 e. The summed E-state index contributed by atoms with van der Waals surface area (Å²) in [5.41, 5.74) is 5.53. The van der Waals surface area contributed by atoms with Crippen LogP contribution in [0, 0.1) is 5.41 Å². The highest BCUT2D eigenvalue weighted by molar-refractivity contribution is 5.74. The number of hydrogen-bond acceptors (Lipinski definition) is 1. The van der Waals surface area contributed by atoms with Crippen LogP contribution in [0.15, 0.2) is 48.5 Å². The van der Waals surface area contributed by atoms with Crippen molar-refractivity contribution in [1.82, 2.24) is 10.2 Å². The molecule has 0 saturated carbocycles. The molecule has 1 unspecified atom stereocenters. The topological polar surface area (TPSA) is 32.3 Å². The second-order valence-electron chi connectivity index (χ2n) is 10.3. The molecule has 0 aromatic heterocycles. The lowest BCUT2D eigenvalue weighted by atomic mass is 9.85. The Balaban J connectivity index is 1.57. The molecule has 2 aromatic carbocycles. The quantitative estimate of drug-likeness (QED) is 0.605. The summed E-state index contributed by atoms with van der Waals surface area (Å²) in [6.45, 7) is 13.5. The van der Waals surface area contributed by atoms with Crippen molar-refractivity contribution in [3.8, 4) is 0 Å². The molecule has 1 heterocycles. The number of likely N-dealkylation sites (tertiary alicyclic amines) is 1. The van der Waals surface area contributed by atoms with Crippen molar-refractivity contribution < 1.29 is 4.79 Å². The van der Waals surface area contributed by atoms with Crippen LogP contribution in [-0.4, -0.2) is 24.0 Å². The van der Waals surface area contributed by atoms with E-state index in [2.05, 4.69) is 88.5 Å². The van der Waals surface area contributed by atoms with Crippen molar-refractivity contribution in [2.75, 3.05) is 13.1 Å². The number of benzene rings is 2. The van der Waals surface area contributed by atoms with E-state index in [1.807, 2.05) is 4.90 Å². The van der Waals surface area contributed by atoms with Crippen molar-refractivity contribution in [3.05, 3.63) is 70.8 Å². The van der Waals surface area contributed by atoms with Crippen LogP contribution in [0.1, 0.15) is 81.5 Å². The summed E-state index contributed by atoms with van der Waals surface area (Å²) in [7, 11) is 0. The summed E-state index contributed by atoms with van der Waals surface area (Å²) in [5.74, 6) is 0.954. The third-order valence-corrected chi connectivity index (χ3v) is 5.96. The number of nitrogens with zero attached hydrogens (tertiary/aromatic N) is 1. The molecule has 3 heteroatoms. The van der Waals surface area contributed by atoms with E-state index in [-0.39, 0.29) is 11.4 Å². The zero-order valence-corrected chi connectivity index (χ0v) is 19.4. The summed E-state index contributed by atoms with van der Waals surface area (Å²) in [6.07, 6.45) is 3.29. The molecule has 0 spiro atoms. The number of carbonyl (C=O) groups excluding carboxylic acids is 1. The number of urea groups is 1. The number of piperidine rings is 1. The minimum Gasteiger partial charge on any atom is -0.334 e. The number of rotatable bonds is 5. The van der Waals surface area contributed by atoms with Gasteiger partial charge < -0.3 is 10.2 Å². The standard InChI is InChI=1S/C27H38N2O/c1-20(2)23-13-11-21(12-14-23)18-28-26(30)29-15-7-10-25(19-29)24-9-6-8-22(16-24)17-27(3,4)5/h6,8-9,11-14,16,20,25H,7,10,15,17-19H2,1-5H3,(H,28,30). The number of amides is 2. The predicted molar refractivity (Wildman–Crippen MR) is 126 cm³/mol. The second-order valence-corrected chi connectivity index (χ2v) is 10.3. The highest BCUT2D eigenvalue weighted by Gasteiger charge is 2.25. The highest BCUT2D eigenvalue weighted by Crippen LogP contribution is 2.29. The molecular formula is C27H38N2O. The summed E-state index contributed by atoms with van der Waals surface area (Å²) in [5, 5.41) is 3.12. The third-order valence-electron chi connectivity index (χ3n) is 5.96. The lowest BCUT2D eigenvalue weighted by Gasteiger charge is -2.33. The van der Waals surface area contributed by atoms with Gasteiger partial charge in [0.05, 0.1) is 0 Å². The van der Waals surface area contributed by atoms with Gasteiger partial charge in [-0.15, -0.1) is 0 Å². The summed E-state index contributed by atoms with van der Waals surface area (Å²) in [4.78, 5) is 14.8. The van der Waals surface area contributed by atoms with Gasteiger partial charge in [-0.1, -0.05) is 83.1 Å². The van der Waals surface area contributed by atoms with Crippen LogP contribution in [0.3, 0.4) is 0 Å². The fourth-order valence-corrected chi connectivity index (χ4v) is 4.31. The first-order chi connectivity index (χ1) is 14.2. The van der Waals surface area contributed by atoms with Crippen LogP contribution in [0.2, 0.25) is 0 Å².